The van der Waals surface area contributed by atoms with E-state index in [1.807, 2.05) is 36.4 Å². The molecule has 2 aromatic carbocycles. The Morgan fingerprint density at radius 1 is 1.00 bits per heavy atom. The molecule has 1 saturated heterocycles. The van der Waals surface area contributed by atoms with E-state index in [4.69, 9.17) is 32.7 Å². The van der Waals surface area contributed by atoms with Gasteiger partial charge in [-0.05, 0) is 49.6 Å². The van der Waals surface area contributed by atoms with Gasteiger partial charge < -0.3 is 14.4 Å². The van der Waals surface area contributed by atoms with E-state index < -0.39 is 6.16 Å². The smallest absolute Gasteiger partial charge is 0.494 e. The summed E-state index contributed by atoms with van der Waals surface area (Å²) in [7, 11) is 1.20. The zero-order valence-electron chi connectivity index (χ0n) is 20.8. The molecule has 2 aliphatic heterocycles. The number of hydrogen-bond donors (Lipinski definition) is 0. The highest BCUT2D eigenvalue weighted by Gasteiger charge is 2.26. The highest BCUT2D eigenvalue weighted by molar-refractivity contribution is 6.43. The molecule has 37 heavy (non-hydrogen) atoms. The van der Waals surface area contributed by atoms with Crippen molar-refractivity contribution >= 4 is 46.6 Å². The summed E-state index contributed by atoms with van der Waals surface area (Å²) in [5.41, 5.74) is 2.67. The third-order valence-corrected chi connectivity index (χ3v) is 7.31. The highest BCUT2D eigenvalue weighted by atomic mass is 35.5. The Balaban J connectivity index is 1.20. The third-order valence-electron chi connectivity index (χ3n) is 6.50. The maximum absolute atomic E-state index is 12.4. The van der Waals surface area contributed by atoms with E-state index in [1.165, 1.54) is 12.0 Å². The van der Waals surface area contributed by atoms with Gasteiger partial charge in [-0.2, -0.15) is 4.89 Å². The molecule has 4 rings (SSSR count). The quantitative estimate of drug-likeness (QED) is 0.178. The topological polar surface area (TPSA) is 80.8 Å². The van der Waals surface area contributed by atoms with Gasteiger partial charge in [0.2, 0.25) is 5.91 Å². The summed E-state index contributed by atoms with van der Waals surface area (Å²) in [6.45, 7) is 5.08. The first kappa shape index (κ1) is 27.3. The van der Waals surface area contributed by atoms with Crippen LogP contribution in [0, 0.1) is 0 Å². The SMILES string of the molecule is COOC(=O)OCN1C(=O)CCc2ccc(OCCCCN3CCN(c4cccc(Cl)c4Cl)CC3)cc21. The Kier molecular flexibility index (Phi) is 9.74. The monoisotopic (exact) mass is 551 g/mol. The molecule has 9 nitrogen and oxygen atoms in total. The molecule has 0 saturated carbocycles. The minimum atomic E-state index is -1.01. The standard InChI is InChI=1S/C26H31Cl2N3O6/c1-34-37-26(33)36-18-31-23-17-20(9-7-19(23)8-10-24(31)32)35-16-3-2-11-29-12-14-30(15-13-29)22-6-4-5-21(27)25(22)28/h4-7,9,17H,2-3,8,10-16,18H2,1H3. The Morgan fingerprint density at radius 2 is 1.81 bits per heavy atom. The maximum Gasteiger partial charge on any atom is 0.542 e. The zero-order valence-corrected chi connectivity index (χ0v) is 22.3. The van der Waals surface area contributed by atoms with E-state index in [1.54, 1.807) is 0 Å². The molecule has 0 N–H and O–H groups in total. The van der Waals surface area contributed by atoms with Crippen LogP contribution in [0.5, 0.6) is 5.75 Å². The summed E-state index contributed by atoms with van der Waals surface area (Å²) >= 11 is 12.5. The molecular formula is C26H31Cl2N3O6. The van der Waals surface area contributed by atoms with Gasteiger partial charge in [-0.3, -0.25) is 19.5 Å². The van der Waals surface area contributed by atoms with Gasteiger partial charge >= 0.3 is 6.16 Å². The summed E-state index contributed by atoms with van der Waals surface area (Å²) in [6.07, 6.45) is 1.89. The summed E-state index contributed by atoms with van der Waals surface area (Å²) in [6, 6.07) is 11.4. The van der Waals surface area contributed by atoms with Crippen molar-refractivity contribution in [3.63, 3.8) is 0 Å². The van der Waals surface area contributed by atoms with Crippen LogP contribution < -0.4 is 14.5 Å². The number of carbonyl (C=O) groups is 2. The second-order valence-electron chi connectivity index (χ2n) is 8.84. The molecule has 0 bridgehead atoms. The number of benzene rings is 2. The zero-order chi connectivity index (χ0) is 26.2. The van der Waals surface area contributed by atoms with Crippen molar-refractivity contribution in [3.8, 4) is 5.75 Å². The highest BCUT2D eigenvalue weighted by Crippen LogP contribution is 2.33. The van der Waals surface area contributed by atoms with Crippen LogP contribution in [0.2, 0.25) is 10.0 Å². The van der Waals surface area contributed by atoms with Gasteiger partial charge in [0.05, 0.1) is 35.1 Å². The van der Waals surface area contributed by atoms with E-state index >= 15 is 0 Å². The molecule has 0 unspecified atom stereocenters. The fraction of sp³-hybridized carbons (Fsp3) is 0.462. The van der Waals surface area contributed by atoms with E-state index in [2.05, 4.69) is 19.6 Å². The molecule has 11 heteroatoms. The second-order valence-corrected chi connectivity index (χ2v) is 9.63. The van der Waals surface area contributed by atoms with E-state index in [-0.39, 0.29) is 12.6 Å². The first-order chi connectivity index (χ1) is 18.0. The third kappa shape index (κ3) is 7.19. The number of hydrogen-bond acceptors (Lipinski definition) is 8. The minimum Gasteiger partial charge on any atom is -0.494 e. The van der Waals surface area contributed by atoms with E-state index in [9.17, 15) is 9.59 Å². The van der Waals surface area contributed by atoms with Crippen molar-refractivity contribution in [1.29, 1.82) is 0 Å². The Hall–Kier alpha value is -2.72. The van der Waals surface area contributed by atoms with Crippen LogP contribution in [0.25, 0.3) is 0 Å². The molecule has 0 radical (unpaired) electrons. The largest absolute Gasteiger partial charge is 0.542 e. The maximum atomic E-state index is 12.4. The Labute approximate surface area is 226 Å². The number of anilines is 2. The van der Waals surface area contributed by atoms with Gasteiger partial charge in [-0.15, -0.1) is 0 Å². The number of halogens is 2. The molecule has 0 atom stereocenters. The molecule has 1 fully saturated rings. The Bertz CT molecular complexity index is 1090. The number of nitrogens with zero attached hydrogens (tertiary/aromatic N) is 3. The molecule has 2 aromatic rings. The van der Waals surface area contributed by atoms with Crippen molar-refractivity contribution in [1.82, 2.24) is 4.90 Å². The van der Waals surface area contributed by atoms with Crippen LogP contribution in [-0.2, 0) is 25.7 Å². The summed E-state index contributed by atoms with van der Waals surface area (Å²) in [4.78, 5) is 38.6. The molecule has 200 valence electrons. The van der Waals surface area contributed by atoms with Crippen LogP contribution in [0.15, 0.2) is 36.4 Å². The van der Waals surface area contributed by atoms with Crippen LogP contribution in [-0.4, -0.2) is 70.1 Å². The summed E-state index contributed by atoms with van der Waals surface area (Å²) in [5, 5.41) is 1.20. The van der Waals surface area contributed by atoms with Crippen LogP contribution in [0.3, 0.4) is 0 Å². The average molecular weight is 552 g/mol. The first-order valence-corrected chi connectivity index (χ1v) is 13.1. The van der Waals surface area contributed by atoms with Crippen molar-refractivity contribution in [3.05, 3.63) is 52.0 Å². The van der Waals surface area contributed by atoms with Gasteiger partial charge in [-0.1, -0.05) is 35.3 Å². The lowest BCUT2D eigenvalue weighted by atomic mass is 10.0. The number of carbonyl (C=O) groups excluding carboxylic acids is 2. The number of unbranched alkanes of at least 4 members (excludes halogenated alkanes) is 1. The average Bonchev–Trinajstić information content (AvgIpc) is 2.90. The van der Waals surface area contributed by atoms with Crippen molar-refractivity contribution in [2.24, 2.45) is 0 Å². The van der Waals surface area contributed by atoms with Crippen LogP contribution >= 0.6 is 23.2 Å². The van der Waals surface area contributed by atoms with Gasteiger partial charge in [0.25, 0.3) is 0 Å². The predicted molar refractivity (Wildman–Crippen MR) is 142 cm³/mol. The molecule has 1 amide bonds. The fourth-order valence-electron chi connectivity index (χ4n) is 4.53. The van der Waals surface area contributed by atoms with Crippen molar-refractivity contribution in [2.45, 2.75) is 25.7 Å². The lowest BCUT2D eigenvalue weighted by Crippen LogP contribution is -2.46. The number of rotatable bonds is 10. The normalized spacial score (nSPS) is 15.9. The lowest BCUT2D eigenvalue weighted by Gasteiger charge is -2.36. The van der Waals surface area contributed by atoms with Gasteiger partial charge in [0, 0.05) is 38.7 Å². The van der Waals surface area contributed by atoms with Crippen LogP contribution in [0.1, 0.15) is 24.8 Å². The summed E-state index contributed by atoms with van der Waals surface area (Å²) < 4.78 is 10.9. The van der Waals surface area contributed by atoms with E-state index in [0.717, 1.165) is 56.8 Å². The van der Waals surface area contributed by atoms with Crippen LogP contribution in [0.4, 0.5) is 16.2 Å². The Morgan fingerprint density at radius 3 is 2.59 bits per heavy atom. The van der Waals surface area contributed by atoms with Gasteiger partial charge in [-0.25, -0.2) is 4.79 Å². The molecule has 0 spiro atoms. The number of piperazine rings is 1. The first-order valence-electron chi connectivity index (χ1n) is 12.3. The van der Waals surface area contributed by atoms with Crippen molar-refractivity contribution in [2.75, 3.05) is 63.0 Å². The molecule has 0 aromatic heterocycles. The number of ether oxygens (including phenoxy) is 2. The number of fused-ring (bicyclic) bond motifs is 1. The van der Waals surface area contributed by atoms with Gasteiger partial charge in [0.15, 0.2) is 6.73 Å². The van der Waals surface area contributed by atoms with Gasteiger partial charge in [0.1, 0.15) is 5.75 Å². The minimum absolute atomic E-state index is 0.132. The molecule has 2 aliphatic rings. The molecule has 2 heterocycles. The number of aryl methyl sites for hydroxylation is 1. The fourth-order valence-corrected chi connectivity index (χ4v) is 4.95. The lowest BCUT2D eigenvalue weighted by molar-refractivity contribution is -0.231. The van der Waals surface area contributed by atoms with Crippen molar-refractivity contribution < 1.29 is 28.8 Å². The molecular weight excluding hydrogens is 521 g/mol. The second kappa shape index (κ2) is 13.2. The number of amides is 1. The predicted octanol–water partition coefficient (Wildman–Crippen LogP) is 4.93. The summed E-state index contributed by atoms with van der Waals surface area (Å²) in [5.74, 6) is 0.539. The van der Waals surface area contributed by atoms with E-state index in [0.29, 0.717) is 40.9 Å². The molecule has 0 aliphatic carbocycles.